The molecule has 1 saturated carbocycles. The van der Waals surface area contributed by atoms with Crippen molar-refractivity contribution in [2.24, 2.45) is 0 Å². The van der Waals surface area contributed by atoms with Gasteiger partial charge in [0.05, 0.1) is 12.1 Å². The van der Waals surface area contributed by atoms with Crippen LogP contribution >= 0.6 is 0 Å². The second kappa shape index (κ2) is 6.00. The van der Waals surface area contributed by atoms with Crippen molar-refractivity contribution in [2.75, 3.05) is 6.54 Å². The van der Waals surface area contributed by atoms with Gasteiger partial charge in [-0.15, -0.1) is 0 Å². The maximum atomic E-state index is 12.9. The summed E-state index contributed by atoms with van der Waals surface area (Å²) in [6, 6.07) is 10.0. The Bertz CT molecular complexity index is 585. The summed E-state index contributed by atoms with van der Waals surface area (Å²) in [7, 11) is 0. The van der Waals surface area contributed by atoms with E-state index in [0.29, 0.717) is 13.1 Å². The molecule has 0 unspecified atom stereocenters. The summed E-state index contributed by atoms with van der Waals surface area (Å²) in [5.41, 5.74) is 0.309. The molecule has 3 rings (SSSR count). The molecule has 0 spiro atoms. The minimum Gasteiger partial charge on any atom is -0.460 e. The molecule has 2 aromatic rings. The third-order valence-corrected chi connectivity index (χ3v) is 4.08. The fourth-order valence-electron chi connectivity index (χ4n) is 2.87. The van der Waals surface area contributed by atoms with Crippen LogP contribution in [0, 0.1) is 5.82 Å². The van der Waals surface area contributed by atoms with Gasteiger partial charge in [0.2, 0.25) is 0 Å². The Morgan fingerprint density at radius 1 is 1.10 bits per heavy atom. The molecule has 1 aromatic heterocycles. The Morgan fingerprint density at radius 2 is 1.81 bits per heavy atom. The van der Waals surface area contributed by atoms with Gasteiger partial charge in [-0.25, -0.2) is 4.39 Å². The molecule has 0 aliphatic heterocycles. The highest BCUT2D eigenvalue weighted by Gasteiger charge is 2.30. The lowest BCUT2D eigenvalue weighted by Crippen LogP contribution is -2.37. The molecular formula is C17H20FNO2. The molecule has 1 aliphatic rings. The van der Waals surface area contributed by atoms with Crippen molar-refractivity contribution < 1.29 is 13.9 Å². The smallest absolute Gasteiger partial charge is 0.134 e. The molecule has 21 heavy (non-hydrogen) atoms. The fourth-order valence-corrected chi connectivity index (χ4v) is 2.87. The summed E-state index contributed by atoms with van der Waals surface area (Å²) in [6.45, 7) is 1.18. The van der Waals surface area contributed by atoms with E-state index in [0.717, 1.165) is 42.8 Å². The maximum absolute atomic E-state index is 12.9. The minimum absolute atomic E-state index is 0.253. The van der Waals surface area contributed by atoms with Gasteiger partial charge in [-0.3, -0.25) is 0 Å². The third-order valence-electron chi connectivity index (χ3n) is 4.08. The summed E-state index contributed by atoms with van der Waals surface area (Å²) < 4.78 is 18.6. The molecule has 1 aliphatic carbocycles. The van der Waals surface area contributed by atoms with E-state index in [4.69, 9.17) is 4.42 Å². The minimum atomic E-state index is -0.549. The normalized spacial score (nSPS) is 17.2. The van der Waals surface area contributed by atoms with Crippen LogP contribution in [0.2, 0.25) is 0 Å². The van der Waals surface area contributed by atoms with E-state index in [1.807, 2.05) is 12.1 Å². The van der Waals surface area contributed by atoms with Crippen LogP contribution in [-0.4, -0.2) is 17.3 Å². The number of furan rings is 1. The number of rotatable bonds is 5. The van der Waals surface area contributed by atoms with Gasteiger partial charge in [-0.2, -0.15) is 0 Å². The van der Waals surface area contributed by atoms with Crippen molar-refractivity contribution in [2.45, 2.75) is 37.8 Å². The van der Waals surface area contributed by atoms with E-state index in [-0.39, 0.29) is 5.82 Å². The van der Waals surface area contributed by atoms with Crippen LogP contribution in [0.25, 0.3) is 11.3 Å². The Hall–Kier alpha value is -1.65. The summed E-state index contributed by atoms with van der Waals surface area (Å²) in [5.74, 6) is 1.29. The van der Waals surface area contributed by atoms with Gasteiger partial charge in [0.1, 0.15) is 17.3 Å². The first kappa shape index (κ1) is 14.3. The highest BCUT2D eigenvalue weighted by molar-refractivity contribution is 5.57. The molecule has 1 fully saturated rings. The van der Waals surface area contributed by atoms with Crippen molar-refractivity contribution in [3.05, 3.63) is 48.0 Å². The van der Waals surface area contributed by atoms with Gasteiger partial charge < -0.3 is 14.8 Å². The van der Waals surface area contributed by atoms with Crippen LogP contribution in [0.1, 0.15) is 31.4 Å². The molecule has 112 valence electrons. The summed E-state index contributed by atoms with van der Waals surface area (Å²) in [4.78, 5) is 0. The Labute approximate surface area is 123 Å². The third kappa shape index (κ3) is 3.52. The molecule has 0 bridgehead atoms. The Balaban J connectivity index is 1.56. The average molecular weight is 289 g/mol. The zero-order valence-electron chi connectivity index (χ0n) is 11.9. The number of hydrogen-bond donors (Lipinski definition) is 2. The van der Waals surface area contributed by atoms with Gasteiger partial charge in [-0.1, -0.05) is 12.8 Å². The van der Waals surface area contributed by atoms with Crippen molar-refractivity contribution in [1.82, 2.24) is 5.32 Å². The predicted octanol–water partition coefficient (Wildman–Crippen LogP) is 3.48. The van der Waals surface area contributed by atoms with Gasteiger partial charge in [0, 0.05) is 12.1 Å². The van der Waals surface area contributed by atoms with Crippen LogP contribution in [-0.2, 0) is 6.54 Å². The van der Waals surface area contributed by atoms with Crippen LogP contribution in [0.15, 0.2) is 40.8 Å². The summed E-state index contributed by atoms with van der Waals surface area (Å²) in [5, 5.41) is 13.5. The molecule has 0 atom stereocenters. The number of benzene rings is 1. The molecule has 3 nitrogen and oxygen atoms in total. The molecule has 1 aromatic carbocycles. The Kier molecular flexibility index (Phi) is 4.08. The molecule has 2 N–H and O–H groups in total. The summed E-state index contributed by atoms with van der Waals surface area (Å²) in [6.07, 6.45) is 3.96. The average Bonchev–Trinajstić information content (AvgIpc) is 3.10. The lowest BCUT2D eigenvalue weighted by Gasteiger charge is -2.22. The second-order valence-electron chi connectivity index (χ2n) is 5.81. The van der Waals surface area contributed by atoms with Gasteiger partial charge in [-0.05, 0) is 49.2 Å². The number of nitrogens with one attached hydrogen (secondary N) is 1. The Morgan fingerprint density at radius 3 is 2.52 bits per heavy atom. The fraction of sp³-hybridized carbons (Fsp3) is 0.412. The van der Waals surface area contributed by atoms with E-state index in [9.17, 15) is 9.50 Å². The highest BCUT2D eigenvalue weighted by Crippen LogP contribution is 2.28. The van der Waals surface area contributed by atoms with Crippen molar-refractivity contribution in [1.29, 1.82) is 0 Å². The molecule has 4 heteroatoms. The standard InChI is InChI=1S/C17H20FNO2/c18-14-5-3-13(4-6-14)16-8-7-15(21-16)11-19-12-17(20)9-1-2-10-17/h3-8,19-20H,1-2,9-12H2. The molecule has 0 saturated heterocycles. The number of hydrogen-bond acceptors (Lipinski definition) is 3. The van der Waals surface area contributed by atoms with E-state index >= 15 is 0 Å². The zero-order valence-corrected chi connectivity index (χ0v) is 11.9. The lowest BCUT2D eigenvalue weighted by atomic mass is 10.0. The monoisotopic (exact) mass is 289 g/mol. The first-order valence-electron chi connectivity index (χ1n) is 7.42. The molecule has 0 amide bonds. The predicted molar refractivity (Wildman–Crippen MR) is 79.2 cm³/mol. The van der Waals surface area contributed by atoms with Crippen LogP contribution < -0.4 is 5.32 Å². The summed E-state index contributed by atoms with van der Waals surface area (Å²) >= 11 is 0. The van der Waals surface area contributed by atoms with Gasteiger partial charge >= 0.3 is 0 Å². The number of halogens is 1. The molecule has 0 radical (unpaired) electrons. The quantitative estimate of drug-likeness (QED) is 0.885. The van der Waals surface area contributed by atoms with Crippen LogP contribution in [0.5, 0.6) is 0 Å². The number of aliphatic hydroxyl groups is 1. The lowest BCUT2D eigenvalue weighted by molar-refractivity contribution is 0.0471. The zero-order chi connectivity index (χ0) is 14.7. The van der Waals surface area contributed by atoms with E-state index in [1.54, 1.807) is 12.1 Å². The van der Waals surface area contributed by atoms with Gasteiger partial charge in [0.25, 0.3) is 0 Å². The van der Waals surface area contributed by atoms with E-state index in [1.165, 1.54) is 12.1 Å². The van der Waals surface area contributed by atoms with Crippen molar-refractivity contribution >= 4 is 0 Å². The molecule has 1 heterocycles. The SMILES string of the molecule is OC1(CNCc2ccc(-c3ccc(F)cc3)o2)CCCC1. The first-order valence-corrected chi connectivity index (χ1v) is 7.42. The first-order chi connectivity index (χ1) is 10.1. The highest BCUT2D eigenvalue weighted by atomic mass is 19.1. The maximum Gasteiger partial charge on any atom is 0.134 e. The van der Waals surface area contributed by atoms with Gasteiger partial charge in [0.15, 0.2) is 0 Å². The van der Waals surface area contributed by atoms with Crippen LogP contribution in [0.3, 0.4) is 0 Å². The van der Waals surface area contributed by atoms with E-state index in [2.05, 4.69) is 5.32 Å². The second-order valence-corrected chi connectivity index (χ2v) is 5.81. The van der Waals surface area contributed by atoms with Crippen LogP contribution in [0.4, 0.5) is 4.39 Å². The van der Waals surface area contributed by atoms with Crippen molar-refractivity contribution in [3.8, 4) is 11.3 Å². The van der Waals surface area contributed by atoms with E-state index < -0.39 is 5.60 Å². The van der Waals surface area contributed by atoms with Crippen molar-refractivity contribution in [3.63, 3.8) is 0 Å². The topological polar surface area (TPSA) is 45.4 Å². The largest absolute Gasteiger partial charge is 0.460 e. The molecular weight excluding hydrogens is 269 g/mol.